The molecule has 0 aromatic carbocycles. The first-order chi connectivity index (χ1) is 1.91. The van der Waals surface area contributed by atoms with E-state index in [1.54, 1.807) is 0 Å². The SMILES string of the molecule is NCCN.[H-].[Mn].[Na+]. The standard InChI is InChI=1S/C2H8N2.Mn.Na.H/c3-1-2-4;;;/h1-4H2;;;/q;;+1;-1. The molecule has 0 heterocycles. The summed E-state index contributed by atoms with van der Waals surface area (Å²) >= 11 is 0. The second-order valence-electron chi connectivity index (χ2n) is 0.577. The predicted molar refractivity (Wildman–Crippen MR) is 19.2 cm³/mol. The van der Waals surface area contributed by atoms with E-state index >= 15 is 0 Å². The Kier molecular flexibility index (Phi) is 42.0. The molecule has 0 aromatic heterocycles. The molecule has 1 radical (unpaired) electrons. The molecule has 0 spiro atoms. The Balaban J connectivity index is -0.0000000150. The van der Waals surface area contributed by atoms with Gasteiger partial charge in [0, 0.05) is 30.2 Å². The zero-order valence-corrected chi connectivity index (χ0v) is 7.13. The Hall–Kier alpha value is 1.44. The molecular formula is C2H9MnN2Na. The molecule has 0 amide bonds. The van der Waals surface area contributed by atoms with Crippen LogP contribution in [0.15, 0.2) is 0 Å². The summed E-state index contributed by atoms with van der Waals surface area (Å²) in [6, 6.07) is 0. The van der Waals surface area contributed by atoms with Gasteiger partial charge in [-0.15, -0.1) is 0 Å². The van der Waals surface area contributed by atoms with Crippen molar-refractivity contribution >= 4 is 0 Å². The third-order valence-electron chi connectivity index (χ3n) is 0.167. The van der Waals surface area contributed by atoms with Crippen molar-refractivity contribution in [2.75, 3.05) is 13.1 Å². The normalized spacial score (nSPS) is 5.00. The van der Waals surface area contributed by atoms with Crippen LogP contribution in [0.2, 0.25) is 0 Å². The number of hydrogen-bond donors (Lipinski definition) is 2. The largest absolute Gasteiger partial charge is 1.00 e. The first kappa shape index (κ1) is 15.7. The molecule has 0 fully saturated rings. The summed E-state index contributed by atoms with van der Waals surface area (Å²) in [7, 11) is 0. The second-order valence-corrected chi connectivity index (χ2v) is 0.577. The van der Waals surface area contributed by atoms with Crippen LogP contribution >= 0.6 is 0 Å². The summed E-state index contributed by atoms with van der Waals surface area (Å²) in [5.41, 5.74) is 9.81. The third-order valence-corrected chi connectivity index (χ3v) is 0.167. The molecular weight excluding hydrogens is 130 g/mol. The topological polar surface area (TPSA) is 52.0 Å². The van der Waals surface area contributed by atoms with Crippen LogP contribution in [0.3, 0.4) is 0 Å². The summed E-state index contributed by atoms with van der Waals surface area (Å²) in [6.45, 7) is 1.19. The fourth-order valence-corrected chi connectivity index (χ4v) is 0. The van der Waals surface area contributed by atoms with Gasteiger partial charge in [0.1, 0.15) is 0 Å². The van der Waals surface area contributed by atoms with Crippen molar-refractivity contribution in [2.45, 2.75) is 0 Å². The van der Waals surface area contributed by atoms with Gasteiger partial charge in [-0.05, 0) is 0 Å². The van der Waals surface area contributed by atoms with E-state index < -0.39 is 0 Å². The average molecular weight is 139 g/mol. The summed E-state index contributed by atoms with van der Waals surface area (Å²) in [5.74, 6) is 0. The molecule has 0 rings (SSSR count). The molecule has 0 aromatic rings. The molecule has 0 aliphatic rings. The van der Waals surface area contributed by atoms with Crippen molar-refractivity contribution in [1.82, 2.24) is 0 Å². The van der Waals surface area contributed by atoms with Gasteiger partial charge in [0.05, 0.1) is 0 Å². The van der Waals surface area contributed by atoms with Gasteiger partial charge in [-0.1, -0.05) is 0 Å². The number of hydrogen-bond acceptors (Lipinski definition) is 2. The van der Waals surface area contributed by atoms with Crippen molar-refractivity contribution in [3.05, 3.63) is 0 Å². The minimum Gasteiger partial charge on any atom is -1.00 e. The Labute approximate surface area is 72.3 Å². The van der Waals surface area contributed by atoms with Crippen LogP contribution in [0.4, 0.5) is 0 Å². The summed E-state index contributed by atoms with van der Waals surface area (Å²) in [5, 5.41) is 0. The van der Waals surface area contributed by atoms with E-state index in [2.05, 4.69) is 0 Å². The Morgan fingerprint density at radius 3 is 1.33 bits per heavy atom. The summed E-state index contributed by atoms with van der Waals surface area (Å²) in [6.07, 6.45) is 0. The first-order valence-electron chi connectivity index (χ1n) is 1.32. The maximum atomic E-state index is 4.90. The fraction of sp³-hybridized carbons (Fsp3) is 1.00. The molecule has 2 nitrogen and oxygen atoms in total. The molecule has 0 saturated carbocycles. The molecule has 0 atom stereocenters. The van der Waals surface area contributed by atoms with E-state index in [0.717, 1.165) is 0 Å². The number of rotatable bonds is 1. The van der Waals surface area contributed by atoms with E-state index in [9.17, 15) is 0 Å². The van der Waals surface area contributed by atoms with E-state index in [0.29, 0.717) is 13.1 Å². The van der Waals surface area contributed by atoms with Crippen LogP contribution in [0, 0.1) is 0 Å². The van der Waals surface area contributed by atoms with Gasteiger partial charge in [-0.2, -0.15) is 0 Å². The maximum absolute atomic E-state index is 4.90. The molecule has 0 bridgehead atoms. The van der Waals surface area contributed by atoms with E-state index in [4.69, 9.17) is 11.5 Å². The van der Waals surface area contributed by atoms with Gasteiger partial charge < -0.3 is 12.9 Å². The maximum Gasteiger partial charge on any atom is 1.00 e. The summed E-state index contributed by atoms with van der Waals surface area (Å²) < 4.78 is 0. The Bertz CT molecular complexity index is 17.7. The monoisotopic (exact) mass is 139 g/mol. The van der Waals surface area contributed by atoms with Crippen molar-refractivity contribution < 1.29 is 48.1 Å². The van der Waals surface area contributed by atoms with E-state index in [1.807, 2.05) is 0 Å². The van der Waals surface area contributed by atoms with E-state index in [-0.39, 0.29) is 48.1 Å². The molecule has 0 aliphatic carbocycles. The third kappa shape index (κ3) is 18.0. The van der Waals surface area contributed by atoms with Crippen LogP contribution in [0.5, 0.6) is 0 Å². The fourth-order valence-electron chi connectivity index (χ4n) is 0. The van der Waals surface area contributed by atoms with Crippen LogP contribution in [-0.2, 0) is 17.1 Å². The molecule has 0 unspecified atom stereocenters. The van der Waals surface area contributed by atoms with Crippen molar-refractivity contribution in [1.29, 1.82) is 0 Å². The first-order valence-corrected chi connectivity index (χ1v) is 1.32. The molecule has 4 heteroatoms. The van der Waals surface area contributed by atoms with Crippen molar-refractivity contribution in [3.63, 3.8) is 0 Å². The minimum absolute atomic E-state index is 0. The van der Waals surface area contributed by atoms with Gasteiger partial charge >= 0.3 is 29.6 Å². The van der Waals surface area contributed by atoms with E-state index in [1.165, 1.54) is 0 Å². The van der Waals surface area contributed by atoms with Crippen molar-refractivity contribution in [3.8, 4) is 0 Å². The van der Waals surface area contributed by atoms with Gasteiger partial charge in [0.15, 0.2) is 0 Å². The predicted octanol–water partition coefficient (Wildman–Crippen LogP) is -3.98. The van der Waals surface area contributed by atoms with Crippen LogP contribution in [-0.4, -0.2) is 13.1 Å². The second kappa shape index (κ2) is 16.1. The van der Waals surface area contributed by atoms with Gasteiger partial charge in [-0.25, -0.2) is 0 Å². The average Bonchev–Trinajstić information content (AvgIpc) is 1.37. The number of nitrogens with two attached hydrogens (primary N) is 2. The molecule has 6 heavy (non-hydrogen) atoms. The molecule has 0 saturated heterocycles. The zero-order valence-electron chi connectivity index (χ0n) is 4.95. The van der Waals surface area contributed by atoms with Crippen LogP contribution in [0.1, 0.15) is 1.43 Å². The minimum atomic E-state index is 0. The zero-order chi connectivity index (χ0) is 3.41. The van der Waals surface area contributed by atoms with Gasteiger partial charge in [0.2, 0.25) is 0 Å². The van der Waals surface area contributed by atoms with Crippen LogP contribution < -0.4 is 41.0 Å². The molecule has 35 valence electrons. The summed E-state index contributed by atoms with van der Waals surface area (Å²) in [4.78, 5) is 0. The smallest absolute Gasteiger partial charge is 1.00 e. The molecule has 4 N–H and O–H groups in total. The molecule has 0 aliphatic heterocycles. The van der Waals surface area contributed by atoms with Gasteiger partial charge in [0.25, 0.3) is 0 Å². The Morgan fingerprint density at radius 1 is 1.17 bits per heavy atom. The van der Waals surface area contributed by atoms with Gasteiger partial charge in [-0.3, -0.25) is 0 Å². The van der Waals surface area contributed by atoms with Crippen LogP contribution in [0.25, 0.3) is 0 Å². The van der Waals surface area contributed by atoms with Crippen molar-refractivity contribution in [2.24, 2.45) is 11.5 Å². The Morgan fingerprint density at radius 2 is 1.33 bits per heavy atom. The quantitative estimate of drug-likeness (QED) is 0.364.